The van der Waals surface area contributed by atoms with Crippen LogP contribution in [0.4, 0.5) is 5.82 Å². The number of pyridine rings is 1. The zero-order valence-electron chi connectivity index (χ0n) is 19.1. The van der Waals surface area contributed by atoms with Crippen molar-refractivity contribution in [3.63, 3.8) is 0 Å². The Kier molecular flexibility index (Phi) is 6.54. The van der Waals surface area contributed by atoms with Crippen molar-refractivity contribution in [3.8, 4) is 0 Å². The van der Waals surface area contributed by atoms with E-state index in [2.05, 4.69) is 52.6 Å². The van der Waals surface area contributed by atoms with Gasteiger partial charge in [-0.05, 0) is 43.0 Å². The molecule has 1 aromatic carbocycles. The number of imidazole rings is 1. The normalized spacial score (nSPS) is 13.1. The fraction of sp³-hybridized carbons (Fsp3) is 0.320. The number of fused-ring (bicyclic) bond motifs is 2. The first kappa shape index (κ1) is 23.0. The maximum absolute atomic E-state index is 13.2. The predicted octanol–water partition coefficient (Wildman–Crippen LogP) is 4.17. The first-order chi connectivity index (χ1) is 15.6. The molecule has 4 heterocycles. The molecular weight excluding hydrogens is 438 g/mol. The summed E-state index contributed by atoms with van der Waals surface area (Å²) in [5, 5.41) is 1.06. The summed E-state index contributed by atoms with van der Waals surface area (Å²) in [7, 11) is 1.72. The van der Waals surface area contributed by atoms with Crippen LogP contribution in [0.5, 0.6) is 0 Å². The Bertz CT molecular complexity index is 1300. The molecule has 0 saturated carbocycles. The molecule has 4 aromatic rings. The van der Waals surface area contributed by atoms with Crippen molar-refractivity contribution in [2.45, 2.75) is 33.4 Å². The van der Waals surface area contributed by atoms with E-state index in [9.17, 15) is 4.79 Å². The number of methoxy groups -OCH3 is 1. The van der Waals surface area contributed by atoms with Crippen molar-refractivity contribution < 1.29 is 9.53 Å². The third-order valence-electron chi connectivity index (χ3n) is 6.50. The molecular formula is C25H28ClN5O2. The average Bonchev–Trinajstić information content (AvgIpc) is 3.44. The summed E-state index contributed by atoms with van der Waals surface area (Å²) in [6.07, 6.45) is 5.74. The molecule has 0 unspecified atom stereocenters. The standard InChI is InChI=1S/C25H27N5O2.ClH/c1-17-18(2)30(12-13-32-3)23-21(17)14-22(25(31)29-11-9-26-16-29)27-24(23)28-10-8-19-6-4-5-7-20(19)15-28;/h4-7,9,11,14,16H,8,10,12-13,15H2,1-3H3;1H. The summed E-state index contributed by atoms with van der Waals surface area (Å²) >= 11 is 0. The van der Waals surface area contributed by atoms with Crippen LogP contribution in [0.25, 0.3) is 10.9 Å². The number of aryl methyl sites for hydroxylation is 1. The zero-order valence-corrected chi connectivity index (χ0v) is 19.9. The summed E-state index contributed by atoms with van der Waals surface area (Å²) in [6, 6.07) is 10.5. The third-order valence-corrected chi connectivity index (χ3v) is 6.50. The van der Waals surface area contributed by atoms with Gasteiger partial charge >= 0.3 is 0 Å². The van der Waals surface area contributed by atoms with Gasteiger partial charge in [-0.2, -0.15) is 0 Å². The minimum atomic E-state index is -0.176. The second-order valence-electron chi connectivity index (χ2n) is 8.30. The molecule has 0 radical (unpaired) electrons. The van der Waals surface area contributed by atoms with Gasteiger partial charge in [-0.1, -0.05) is 24.3 Å². The fourth-order valence-electron chi connectivity index (χ4n) is 4.62. The van der Waals surface area contributed by atoms with Gasteiger partial charge in [-0.3, -0.25) is 9.36 Å². The summed E-state index contributed by atoms with van der Waals surface area (Å²) < 4.78 is 9.14. The van der Waals surface area contributed by atoms with Crippen molar-refractivity contribution in [1.82, 2.24) is 19.1 Å². The highest BCUT2D eigenvalue weighted by Gasteiger charge is 2.25. The summed E-state index contributed by atoms with van der Waals surface area (Å²) in [4.78, 5) is 24.4. The lowest BCUT2D eigenvalue weighted by atomic mass is 10.00. The maximum Gasteiger partial charge on any atom is 0.281 e. The third kappa shape index (κ3) is 4.03. The molecule has 0 bridgehead atoms. The van der Waals surface area contributed by atoms with Gasteiger partial charge in [0.2, 0.25) is 0 Å². The molecule has 8 heteroatoms. The monoisotopic (exact) mass is 465 g/mol. The number of anilines is 1. The SMILES string of the molecule is COCCn1c(C)c(C)c2cc(C(=O)n3ccnc3)nc(N3CCc4ccccc4C3)c21.Cl. The smallest absolute Gasteiger partial charge is 0.281 e. The van der Waals surface area contributed by atoms with E-state index < -0.39 is 0 Å². The molecule has 33 heavy (non-hydrogen) atoms. The van der Waals surface area contributed by atoms with Gasteiger partial charge in [0.05, 0.1) is 12.1 Å². The predicted molar refractivity (Wildman–Crippen MR) is 131 cm³/mol. The molecule has 0 amide bonds. The van der Waals surface area contributed by atoms with E-state index in [-0.39, 0.29) is 18.3 Å². The topological polar surface area (TPSA) is 65.2 Å². The molecule has 5 rings (SSSR count). The van der Waals surface area contributed by atoms with Crippen molar-refractivity contribution in [3.05, 3.63) is 77.1 Å². The quantitative estimate of drug-likeness (QED) is 0.442. The minimum Gasteiger partial charge on any atom is -0.383 e. The number of aromatic nitrogens is 4. The van der Waals surface area contributed by atoms with Crippen LogP contribution in [0.3, 0.4) is 0 Å². The van der Waals surface area contributed by atoms with Crippen LogP contribution in [0.15, 0.2) is 49.1 Å². The molecule has 0 aliphatic carbocycles. The Morgan fingerprint density at radius 1 is 1.18 bits per heavy atom. The van der Waals surface area contributed by atoms with Crippen LogP contribution in [0.1, 0.15) is 32.9 Å². The Balaban J connectivity index is 0.00000259. The molecule has 1 aliphatic rings. The summed E-state index contributed by atoms with van der Waals surface area (Å²) in [5.41, 5.74) is 6.52. The van der Waals surface area contributed by atoms with E-state index >= 15 is 0 Å². The van der Waals surface area contributed by atoms with Gasteiger partial charge < -0.3 is 14.2 Å². The number of rotatable bonds is 5. The number of halogens is 1. The van der Waals surface area contributed by atoms with E-state index in [0.29, 0.717) is 12.3 Å². The number of benzene rings is 1. The molecule has 0 spiro atoms. The highest BCUT2D eigenvalue weighted by Crippen LogP contribution is 2.35. The number of ether oxygens (including phenoxy) is 1. The van der Waals surface area contributed by atoms with Gasteiger partial charge in [0, 0.05) is 50.2 Å². The van der Waals surface area contributed by atoms with Crippen molar-refractivity contribution >= 4 is 35.0 Å². The second-order valence-corrected chi connectivity index (χ2v) is 8.30. The molecule has 3 aromatic heterocycles. The number of carbonyl (C=O) groups excluding carboxylic acids is 1. The van der Waals surface area contributed by atoms with Crippen LogP contribution < -0.4 is 4.90 Å². The van der Waals surface area contributed by atoms with E-state index in [1.54, 1.807) is 19.5 Å². The van der Waals surface area contributed by atoms with Crippen LogP contribution in [-0.4, -0.2) is 45.3 Å². The van der Waals surface area contributed by atoms with Crippen LogP contribution >= 0.6 is 12.4 Å². The zero-order chi connectivity index (χ0) is 22.2. The van der Waals surface area contributed by atoms with E-state index in [1.807, 2.05) is 6.07 Å². The van der Waals surface area contributed by atoms with Gasteiger partial charge in [-0.15, -0.1) is 12.4 Å². The lowest BCUT2D eigenvalue weighted by Crippen LogP contribution is -2.32. The molecule has 7 nitrogen and oxygen atoms in total. The minimum absolute atomic E-state index is 0. The average molecular weight is 466 g/mol. The van der Waals surface area contributed by atoms with Gasteiger partial charge in [0.25, 0.3) is 5.91 Å². The highest BCUT2D eigenvalue weighted by atomic mass is 35.5. The Labute approximate surface area is 199 Å². The van der Waals surface area contributed by atoms with Crippen molar-refractivity contribution in [1.29, 1.82) is 0 Å². The molecule has 0 saturated heterocycles. The lowest BCUT2D eigenvalue weighted by Gasteiger charge is -2.31. The van der Waals surface area contributed by atoms with E-state index in [4.69, 9.17) is 9.72 Å². The molecule has 0 N–H and O–H groups in total. The Morgan fingerprint density at radius 3 is 2.70 bits per heavy atom. The van der Waals surface area contributed by atoms with Gasteiger partial charge in [0.1, 0.15) is 12.0 Å². The summed E-state index contributed by atoms with van der Waals surface area (Å²) in [6.45, 7) is 7.21. The van der Waals surface area contributed by atoms with Crippen LogP contribution in [-0.2, 0) is 24.2 Å². The van der Waals surface area contributed by atoms with Gasteiger partial charge in [0.15, 0.2) is 5.82 Å². The molecule has 172 valence electrons. The lowest BCUT2D eigenvalue weighted by molar-refractivity contribution is 0.0955. The molecule has 1 aliphatic heterocycles. The largest absolute Gasteiger partial charge is 0.383 e. The highest BCUT2D eigenvalue weighted by molar-refractivity contribution is 6.02. The maximum atomic E-state index is 13.2. The van der Waals surface area contributed by atoms with Crippen molar-refractivity contribution in [2.24, 2.45) is 0 Å². The summed E-state index contributed by atoms with van der Waals surface area (Å²) in [5.74, 6) is 0.678. The van der Waals surface area contributed by atoms with E-state index in [1.165, 1.54) is 27.7 Å². The fourth-order valence-corrected chi connectivity index (χ4v) is 4.62. The number of hydrogen-bond acceptors (Lipinski definition) is 5. The Morgan fingerprint density at radius 2 is 1.97 bits per heavy atom. The molecule has 0 atom stereocenters. The van der Waals surface area contributed by atoms with Crippen molar-refractivity contribution in [2.75, 3.05) is 25.2 Å². The first-order valence-electron chi connectivity index (χ1n) is 10.9. The number of carbonyl (C=O) groups is 1. The van der Waals surface area contributed by atoms with Gasteiger partial charge in [-0.25, -0.2) is 9.97 Å². The number of nitrogens with zero attached hydrogens (tertiary/aromatic N) is 5. The van der Waals surface area contributed by atoms with Crippen LogP contribution in [0, 0.1) is 13.8 Å². The second kappa shape index (κ2) is 9.37. The number of hydrogen-bond donors (Lipinski definition) is 0. The Hall–Kier alpha value is -3.16. The molecule has 0 fully saturated rings. The van der Waals surface area contributed by atoms with E-state index in [0.717, 1.165) is 48.3 Å². The first-order valence-corrected chi connectivity index (χ1v) is 10.9. The van der Waals surface area contributed by atoms with Crippen LogP contribution in [0.2, 0.25) is 0 Å².